The van der Waals surface area contributed by atoms with Gasteiger partial charge >= 0.3 is 0 Å². The number of aromatic nitrogens is 2. The number of aromatic amines is 1. The van der Waals surface area contributed by atoms with E-state index in [0.717, 1.165) is 29.4 Å². The van der Waals surface area contributed by atoms with Gasteiger partial charge in [-0.05, 0) is 24.5 Å². The monoisotopic (exact) mass is 489 g/mol. The van der Waals surface area contributed by atoms with Gasteiger partial charge < -0.3 is 19.4 Å². The van der Waals surface area contributed by atoms with Crippen LogP contribution in [0.3, 0.4) is 0 Å². The lowest BCUT2D eigenvalue weighted by molar-refractivity contribution is -0.131. The van der Waals surface area contributed by atoms with Crippen LogP contribution in [0.2, 0.25) is 0 Å². The summed E-state index contributed by atoms with van der Waals surface area (Å²) in [7, 11) is 0. The molecule has 36 heavy (non-hydrogen) atoms. The summed E-state index contributed by atoms with van der Waals surface area (Å²) in [6, 6.07) is 17.3. The molecule has 0 spiro atoms. The highest BCUT2D eigenvalue weighted by atomic mass is 16.5. The summed E-state index contributed by atoms with van der Waals surface area (Å²) in [5, 5.41) is 7.88. The zero-order valence-corrected chi connectivity index (χ0v) is 20.3. The van der Waals surface area contributed by atoms with Gasteiger partial charge in [-0.1, -0.05) is 48.5 Å². The lowest BCUT2D eigenvalue weighted by Gasteiger charge is -2.25. The molecular weight excluding hydrogens is 458 g/mol. The molecular formula is C27H31N5O4. The number of carbonyl (C=O) groups is 3. The molecule has 1 unspecified atom stereocenters. The van der Waals surface area contributed by atoms with Crippen LogP contribution in [0.4, 0.5) is 0 Å². The second-order valence-electron chi connectivity index (χ2n) is 9.40. The molecule has 3 heterocycles. The lowest BCUT2D eigenvalue weighted by atomic mass is 10.2. The first-order valence-electron chi connectivity index (χ1n) is 12.5. The maximum atomic E-state index is 13.5. The molecule has 9 heteroatoms. The molecule has 2 fully saturated rings. The fraction of sp³-hybridized carbons (Fsp3) is 0.407. The van der Waals surface area contributed by atoms with Crippen molar-refractivity contribution in [3.8, 4) is 0 Å². The molecule has 0 bridgehead atoms. The Bertz CT molecular complexity index is 1230. The second-order valence-corrected chi connectivity index (χ2v) is 9.40. The van der Waals surface area contributed by atoms with Crippen molar-refractivity contribution >= 4 is 28.6 Å². The summed E-state index contributed by atoms with van der Waals surface area (Å²) < 4.78 is 6.23. The fourth-order valence-corrected chi connectivity index (χ4v) is 4.91. The van der Waals surface area contributed by atoms with Crippen LogP contribution in [-0.2, 0) is 20.9 Å². The third-order valence-electron chi connectivity index (χ3n) is 6.84. The third-order valence-corrected chi connectivity index (χ3v) is 6.84. The summed E-state index contributed by atoms with van der Waals surface area (Å²) in [5.74, 6) is -0.232. The number of likely N-dealkylation sites (tertiary alicyclic amines) is 1. The number of hydrogen-bond donors (Lipinski definition) is 1. The van der Waals surface area contributed by atoms with Gasteiger partial charge in [0.25, 0.3) is 5.91 Å². The average molecular weight is 490 g/mol. The summed E-state index contributed by atoms with van der Waals surface area (Å²) in [6.45, 7) is 2.98. The Morgan fingerprint density at radius 1 is 0.972 bits per heavy atom. The number of amides is 3. The molecule has 3 amide bonds. The van der Waals surface area contributed by atoms with Crippen molar-refractivity contribution in [2.75, 3.05) is 39.3 Å². The van der Waals surface area contributed by atoms with E-state index >= 15 is 0 Å². The number of benzene rings is 2. The van der Waals surface area contributed by atoms with Gasteiger partial charge in [0, 0.05) is 44.5 Å². The number of hydrogen-bond acceptors (Lipinski definition) is 5. The van der Waals surface area contributed by atoms with E-state index in [1.54, 1.807) is 9.80 Å². The van der Waals surface area contributed by atoms with Crippen LogP contribution >= 0.6 is 0 Å². The lowest BCUT2D eigenvalue weighted by Crippen LogP contribution is -2.40. The van der Waals surface area contributed by atoms with Gasteiger partial charge in [-0.25, -0.2) is 0 Å². The van der Waals surface area contributed by atoms with Crippen molar-refractivity contribution in [1.82, 2.24) is 24.9 Å². The number of carbonyl (C=O) groups excluding carboxylic acids is 3. The Morgan fingerprint density at radius 3 is 2.56 bits per heavy atom. The van der Waals surface area contributed by atoms with Crippen LogP contribution < -0.4 is 0 Å². The van der Waals surface area contributed by atoms with Crippen molar-refractivity contribution in [2.45, 2.75) is 32.0 Å². The minimum Gasteiger partial charge on any atom is -0.370 e. The molecule has 2 aromatic carbocycles. The van der Waals surface area contributed by atoms with Crippen molar-refractivity contribution in [1.29, 1.82) is 0 Å². The smallest absolute Gasteiger partial charge is 0.275 e. The van der Waals surface area contributed by atoms with Crippen LogP contribution in [0.5, 0.6) is 0 Å². The van der Waals surface area contributed by atoms with Crippen LogP contribution in [-0.4, -0.2) is 88.0 Å². The zero-order valence-electron chi connectivity index (χ0n) is 20.3. The topological polar surface area (TPSA) is 98.8 Å². The number of fused-ring (bicyclic) bond motifs is 1. The van der Waals surface area contributed by atoms with Crippen LogP contribution in [0.1, 0.15) is 35.3 Å². The quantitative estimate of drug-likeness (QED) is 0.524. The van der Waals surface area contributed by atoms with Gasteiger partial charge in [-0.2, -0.15) is 5.10 Å². The Balaban J connectivity index is 1.30. The van der Waals surface area contributed by atoms with Crippen molar-refractivity contribution in [3.05, 3.63) is 65.9 Å². The number of ether oxygens (including phenoxy) is 1. The van der Waals surface area contributed by atoms with Gasteiger partial charge in [0.2, 0.25) is 11.8 Å². The summed E-state index contributed by atoms with van der Waals surface area (Å²) in [5.41, 5.74) is 2.11. The van der Waals surface area contributed by atoms with Gasteiger partial charge in [-0.3, -0.25) is 19.5 Å². The first-order chi connectivity index (χ1) is 17.6. The molecule has 1 N–H and O–H groups in total. The summed E-state index contributed by atoms with van der Waals surface area (Å²) in [6.07, 6.45) is 1.85. The standard InChI is InChI=1S/C27H31N5O4/c33-24-12-6-13-30(24)14-7-15-31-16-21(36-19-20-8-2-1-3-9-20)17-32(18-25(31)34)27(35)26-22-10-4-5-11-23(22)28-29-26/h1-5,8-11,21H,6-7,12-19H2,(H,28,29). The van der Waals surface area contributed by atoms with E-state index in [0.29, 0.717) is 51.3 Å². The van der Waals surface area contributed by atoms with Crippen LogP contribution in [0.25, 0.3) is 10.9 Å². The first-order valence-corrected chi connectivity index (χ1v) is 12.5. The third kappa shape index (κ3) is 5.41. The van der Waals surface area contributed by atoms with Crippen LogP contribution in [0, 0.1) is 0 Å². The molecule has 2 saturated heterocycles. The molecule has 3 aromatic rings. The highest BCUT2D eigenvalue weighted by Crippen LogP contribution is 2.20. The van der Waals surface area contributed by atoms with E-state index in [1.807, 2.05) is 59.5 Å². The number of H-pyrrole nitrogens is 1. The molecule has 0 aliphatic carbocycles. The maximum Gasteiger partial charge on any atom is 0.275 e. The van der Waals surface area contributed by atoms with Crippen molar-refractivity contribution in [3.63, 3.8) is 0 Å². The molecule has 5 rings (SSSR count). The number of nitrogens with zero attached hydrogens (tertiary/aromatic N) is 4. The number of rotatable bonds is 8. The molecule has 2 aliphatic heterocycles. The van der Waals surface area contributed by atoms with Crippen LogP contribution in [0.15, 0.2) is 54.6 Å². The molecule has 2 aliphatic rings. The average Bonchev–Trinajstić information content (AvgIpc) is 3.47. The van der Waals surface area contributed by atoms with E-state index in [2.05, 4.69) is 10.2 Å². The Kier molecular flexibility index (Phi) is 7.27. The van der Waals surface area contributed by atoms with E-state index in [1.165, 1.54) is 0 Å². The molecule has 1 atom stereocenters. The fourth-order valence-electron chi connectivity index (χ4n) is 4.91. The summed E-state index contributed by atoms with van der Waals surface area (Å²) >= 11 is 0. The largest absolute Gasteiger partial charge is 0.370 e. The van der Waals surface area contributed by atoms with Crippen molar-refractivity contribution < 1.29 is 19.1 Å². The predicted molar refractivity (Wildman–Crippen MR) is 134 cm³/mol. The zero-order chi connectivity index (χ0) is 24.9. The van der Waals surface area contributed by atoms with Crippen molar-refractivity contribution in [2.24, 2.45) is 0 Å². The van der Waals surface area contributed by atoms with Gasteiger partial charge in [-0.15, -0.1) is 0 Å². The minimum atomic E-state index is -0.348. The van der Waals surface area contributed by atoms with Gasteiger partial charge in [0.15, 0.2) is 5.69 Å². The highest BCUT2D eigenvalue weighted by Gasteiger charge is 2.33. The highest BCUT2D eigenvalue weighted by molar-refractivity contribution is 6.05. The van der Waals surface area contributed by atoms with E-state index in [4.69, 9.17) is 4.74 Å². The van der Waals surface area contributed by atoms with Gasteiger partial charge in [0.1, 0.15) is 6.54 Å². The minimum absolute atomic E-state index is 0.0339. The summed E-state index contributed by atoms with van der Waals surface area (Å²) in [4.78, 5) is 43.9. The molecule has 9 nitrogen and oxygen atoms in total. The van der Waals surface area contributed by atoms with E-state index < -0.39 is 0 Å². The molecule has 0 radical (unpaired) electrons. The van der Waals surface area contributed by atoms with Gasteiger partial charge in [0.05, 0.1) is 18.2 Å². The molecule has 1 aromatic heterocycles. The first kappa shape index (κ1) is 24.0. The number of nitrogens with one attached hydrogen (secondary N) is 1. The Morgan fingerprint density at radius 2 is 1.75 bits per heavy atom. The molecule has 0 saturated carbocycles. The predicted octanol–water partition coefficient (Wildman–Crippen LogP) is 2.45. The second kappa shape index (κ2) is 10.9. The number of para-hydroxylation sites is 1. The maximum absolute atomic E-state index is 13.5. The SMILES string of the molecule is O=C1CCCN1CCCN1CC(OCc2ccccc2)CN(C(=O)c2n[nH]c3ccccc23)CC1=O. The Hall–Kier alpha value is -3.72. The molecule has 188 valence electrons. The normalized spacial score (nSPS) is 18.8. The Labute approximate surface area is 210 Å². The van der Waals surface area contributed by atoms with E-state index in [-0.39, 0.29) is 30.4 Å². The van der Waals surface area contributed by atoms with E-state index in [9.17, 15) is 14.4 Å².